The zero-order chi connectivity index (χ0) is 15.9. The fourth-order valence-corrected chi connectivity index (χ4v) is 2.23. The second-order valence-electron chi connectivity index (χ2n) is 4.47. The number of aromatic nitrogens is 1. The SMILES string of the molecule is O=C(Cn1cc(Br)ccc1=O)NCCOc1ccc(Cl)cc1. The molecule has 0 bridgehead atoms. The van der Waals surface area contributed by atoms with Crippen molar-refractivity contribution in [2.45, 2.75) is 6.54 Å². The van der Waals surface area contributed by atoms with Crippen LogP contribution in [0.25, 0.3) is 0 Å². The number of nitrogens with zero attached hydrogens (tertiary/aromatic N) is 1. The van der Waals surface area contributed by atoms with Crippen molar-refractivity contribution in [3.63, 3.8) is 0 Å². The van der Waals surface area contributed by atoms with E-state index in [1.165, 1.54) is 10.6 Å². The number of pyridine rings is 1. The third kappa shape index (κ3) is 5.20. The Hall–Kier alpha value is -1.79. The van der Waals surface area contributed by atoms with Crippen LogP contribution in [0.15, 0.2) is 51.9 Å². The molecule has 5 nitrogen and oxygen atoms in total. The minimum atomic E-state index is -0.250. The van der Waals surface area contributed by atoms with Crippen LogP contribution >= 0.6 is 27.5 Å². The molecule has 7 heteroatoms. The molecular weight excluding hydrogens is 372 g/mol. The van der Waals surface area contributed by atoms with Crippen LogP contribution in [0.4, 0.5) is 0 Å². The molecule has 0 aliphatic rings. The molecule has 1 aromatic carbocycles. The summed E-state index contributed by atoms with van der Waals surface area (Å²) >= 11 is 9.03. The van der Waals surface area contributed by atoms with Crippen molar-refractivity contribution >= 4 is 33.4 Å². The molecule has 1 N–H and O–H groups in total. The van der Waals surface area contributed by atoms with Gasteiger partial charge in [0.2, 0.25) is 5.91 Å². The molecule has 0 saturated heterocycles. The Morgan fingerprint density at radius 3 is 2.68 bits per heavy atom. The van der Waals surface area contributed by atoms with Crippen LogP contribution in [0.3, 0.4) is 0 Å². The molecule has 0 aliphatic heterocycles. The molecule has 0 saturated carbocycles. The molecule has 0 radical (unpaired) electrons. The number of rotatable bonds is 6. The number of halogens is 2. The maximum atomic E-state index is 11.8. The van der Waals surface area contributed by atoms with E-state index >= 15 is 0 Å². The lowest BCUT2D eigenvalue weighted by molar-refractivity contribution is -0.121. The summed E-state index contributed by atoms with van der Waals surface area (Å²) in [5.41, 5.74) is -0.226. The highest BCUT2D eigenvalue weighted by Gasteiger charge is 2.04. The van der Waals surface area contributed by atoms with Crippen LogP contribution in [0, 0.1) is 0 Å². The van der Waals surface area contributed by atoms with Crippen molar-refractivity contribution in [1.29, 1.82) is 0 Å². The number of carbonyl (C=O) groups is 1. The molecule has 2 aromatic rings. The molecule has 0 unspecified atom stereocenters. The Balaban J connectivity index is 1.75. The maximum absolute atomic E-state index is 11.8. The minimum absolute atomic E-state index is 0.0286. The normalized spacial score (nSPS) is 10.3. The van der Waals surface area contributed by atoms with Crippen LogP contribution in [0.2, 0.25) is 5.02 Å². The van der Waals surface area contributed by atoms with Gasteiger partial charge in [0.15, 0.2) is 0 Å². The molecule has 0 spiro atoms. The van der Waals surface area contributed by atoms with Crippen molar-refractivity contribution in [3.05, 3.63) is 62.4 Å². The molecule has 0 atom stereocenters. The Kier molecular flexibility index (Phi) is 6.03. The van der Waals surface area contributed by atoms with E-state index in [9.17, 15) is 9.59 Å². The fourth-order valence-electron chi connectivity index (χ4n) is 1.73. The molecule has 1 heterocycles. The summed E-state index contributed by atoms with van der Waals surface area (Å²) in [5, 5.41) is 3.33. The van der Waals surface area contributed by atoms with Crippen LogP contribution in [0.5, 0.6) is 5.75 Å². The monoisotopic (exact) mass is 384 g/mol. The number of benzene rings is 1. The number of hydrogen-bond acceptors (Lipinski definition) is 3. The average molecular weight is 386 g/mol. The molecule has 116 valence electrons. The highest BCUT2D eigenvalue weighted by atomic mass is 79.9. The van der Waals surface area contributed by atoms with Crippen molar-refractivity contribution in [1.82, 2.24) is 9.88 Å². The zero-order valence-electron chi connectivity index (χ0n) is 11.6. The molecule has 2 rings (SSSR count). The van der Waals surface area contributed by atoms with Gasteiger partial charge in [-0.25, -0.2) is 0 Å². The second kappa shape index (κ2) is 8.00. The Bertz CT molecular complexity index is 701. The standard InChI is InChI=1S/C15H14BrClN2O3/c16-11-1-6-15(21)19(9-11)10-14(20)18-7-8-22-13-4-2-12(17)3-5-13/h1-6,9H,7-8,10H2,(H,18,20). The van der Waals surface area contributed by atoms with Crippen LogP contribution < -0.4 is 15.6 Å². The summed E-state index contributed by atoms with van der Waals surface area (Å²) in [6.07, 6.45) is 1.58. The lowest BCUT2D eigenvalue weighted by Crippen LogP contribution is -2.34. The first-order valence-corrected chi connectivity index (χ1v) is 7.73. The van der Waals surface area contributed by atoms with Crippen LogP contribution in [0.1, 0.15) is 0 Å². The summed E-state index contributed by atoms with van der Waals surface area (Å²) in [6, 6.07) is 10.0. The Morgan fingerprint density at radius 1 is 1.23 bits per heavy atom. The van der Waals surface area contributed by atoms with Gasteiger partial charge in [0.05, 0.1) is 6.54 Å². The van der Waals surface area contributed by atoms with Gasteiger partial charge in [-0.2, -0.15) is 0 Å². The van der Waals surface area contributed by atoms with Gasteiger partial charge in [0.1, 0.15) is 18.9 Å². The van der Waals surface area contributed by atoms with Gasteiger partial charge in [-0.3, -0.25) is 9.59 Å². The third-order valence-corrected chi connectivity index (χ3v) is 3.49. The van der Waals surface area contributed by atoms with Gasteiger partial charge in [0.25, 0.3) is 5.56 Å². The molecule has 1 amide bonds. The first kappa shape index (κ1) is 16.6. The van der Waals surface area contributed by atoms with E-state index in [4.69, 9.17) is 16.3 Å². The van der Waals surface area contributed by atoms with Crippen LogP contribution in [-0.2, 0) is 11.3 Å². The first-order valence-electron chi connectivity index (χ1n) is 6.55. The van der Waals surface area contributed by atoms with E-state index in [-0.39, 0.29) is 18.0 Å². The van der Waals surface area contributed by atoms with E-state index in [0.29, 0.717) is 23.9 Å². The van der Waals surface area contributed by atoms with Gasteiger partial charge in [-0.05, 0) is 46.3 Å². The number of carbonyl (C=O) groups excluding carboxylic acids is 1. The third-order valence-electron chi connectivity index (χ3n) is 2.77. The van der Waals surface area contributed by atoms with Crippen molar-refractivity contribution in [2.75, 3.05) is 13.2 Å². The lowest BCUT2D eigenvalue weighted by atomic mass is 10.3. The topological polar surface area (TPSA) is 60.3 Å². The number of nitrogens with one attached hydrogen (secondary N) is 1. The summed E-state index contributed by atoms with van der Waals surface area (Å²) in [7, 11) is 0. The van der Waals surface area contributed by atoms with Gasteiger partial charge < -0.3 is 14.6 Å². The lowest BCUT2D eigenvalue weighted by Gasteiger charge is -2.09. The largest absolute Gasteiger partial charge is 0.492 e. The molecular formula is C15H14BrClN2O3. The molecule has 1 aromatic heterocycles. The smallest absolute Gasteiger partial charge is 0.251 e. The van der Waals surface area contributed by atoms with Crippen molar-refractivity contribution < 1.29 is 9.53 Å². The second-order valence-corrected chi connectivity index (χ2v) is 5.82. The minimum Gasteiger partial charge on any atom is -0.492 e. The first-order chi connectivity index (χ1) is 10.5. The van der Waals surface area contributed by atoms with Crippen LogP contribution in [-0.4, -0.2) is 23.6 Å². The van der Waals surface area contributed by atoms with Gasteiger partial charge >= 0.3 is 0 Å². The Morgan fingerprint density at radius 2 is 1.95 bits per heavy atom. The average Bonchev–Trinajstić information content (AvgIpc) is 2.49. The van der Waals surface area contributed by atoms with E-state index in [0.717, 1.165) is 4.47 Å². The quantitative estimate of drug-likeness (QED) is 0.777. The molecule has 0 fully saturated rings. The van der Waals surface area contributed by atoms with E-state index < -0.39 is 0 Å². The summed E-state index contributed by atoms with van der Waals surface area (Å²) in [5.74, 6) is 0.432. The van der Waals surface area contributed by atoms with Crippen molar-refractivity contribution in [2.24, 2.45) is 0 Å². The summed E-state index contributed by atoms with van der Waals surface area (Å²) in [6.45, 7) is 0.657. The number of ether oxygens (including phenoxy) is 1. The molecule has 22 heavy (non-hydrogen) atoms. The predicted octanol–water partition coefficient (Wildman–Crippen LogP) is 2.46. The number of amides is 1. The Labute approximate surface area is 141 Å². The van der Waals surface area contributed by atoms with Crippen molar-refractivity contribution in [3.8, 4) is 5.75 Å². The highest BCUT2D eigenvalue weighted by Crippen LogP contribution is 2.15. The fraction of sp³-hybridized carbons (Fsp3) is 0.200. The zero-order valence-corrected chi connectivity index (χ0v) is 13.9. The van der Waals surface area contributed by atoms with Gasteiger partial charge in [-0.1, -0.05) is 11.6 Å². The van der Waals surface area contributed by atoms with Gasteiger partial charge in [0, 0.05) is 21.8 Å². The highest BCUT2D eigenvalue weighted by molar-refractivity contribution is 9.10. The number of hydrogen-bond donors (Lipinski definition) is 1. The van der Waals surface area contributed by atoms with E-state index in [1.54, 1.807) is 36.5 Å². The van der Waals surface area contributed by atoms with E-state index in [2.05, 4.69) is 21.2 Å². The predicted molar refractivity (Wildman–Crippen MR) is 88.4 cm³/mol. The van der Waals surface area contributed by atoms with Gasteiger partial charge in [-0.15, -0.1) is 0 Å². The molecule has 0 aliphatic carbocycles. The summed E-state index contributed by atoms with van der Waals surface area (Å²) < 4.78 is 7.53. The van der Waals surface area contributed by atoms with E-state index in [1.807, 2.05) is 0 Å². The summed E-state index contributed by atoms with van der Waals surface area (Å²) in [4.78, 5) is 23.3. The maximum Gasteiger partial charge on any atom is 0.251 e.